The molecule has 22 heavy (non-hydrogen) atoms. The van der Waals surface area contributed by atoms with Gasteiger partial charge in [0.15, 0.2) is 0 Å². The van der Waals surface area contributed by atoms with Gasteiger partial charge in [-0.3, -0.25) is 4.90 Å². The summed E-state index contributed by atoms with van der Waals surface area (Å²) in [5.74, 6) is 0.954. The van der Waals surface area contributed by atoms with Crippen molar-refractivity contribution in [3.05, 3.63) is 54.2 Å². The number of ether oxygens (including phenoxy) is 3. The van der Waals surface area contributed by atoms with Crippen molar-refractivity contribution in [1.29, 1.82) is 0 Å². The minimum absolute atomic E-state index is 0.470. The largest absolute Gasteiger partial charge is 0.420 e. The van der Waals surface area contributed by atoms with E-state index in [1.807, 2.05) is 6.07 Å². The molecule has 1 aromatic carbocycles. The number of carbonyl (C=O) groups is 1. The Kier molecular flexibility index (Phi) is 4.32. The number of benzene rings is 1. The van der Waals surface area contributed by atoms with Crippen molar-refractivity contribution in [3.8, 4) is 5.75 Å². The Labute approximate surface area is 128 Å². The van der Waals surface area contributed by atoms with E-state index in [1.54, 1.807) is 49.5 Å². The van der Waals surface area contributed by atoms with Gasteiger partial charge in [0, 0.05) is 7.05 Å². The maximum Gasteiger partial charge on any atom is 0.420 e. The fourth-order valence-electron chi connectivity index (χ4n) is 2.04. The number of pyridine rings is 1. The van der Waals surface area contributed by atoms with E-state index in [-0.39, 0.29) is 0 Å². The van der Waals surface area contributed by atoms with Crippen LogP contribution >= 0.6 is 0 Å². The summed E-state index contributed by atoms with van der Waals surface area (Å²) in [5, 5.41) is 0. The molecule has 2 heterocycles. The number of aromatic nitrogens is 1. The van der Waals surface area contributed by atoms with Gasteiger partial charge in [0.05, 0.1) is 18.9 Å². The topological polar surface area (TPSA) is 60.9 Å². The van der Waals surface area contributed by atoms with Gasteiger partial charge in [-0.15, -0.1) is 0 Å². The van der Waals surface area contributed by atoms with Crippen LogP contribution in [0.2, 0.25) is 0 Å². The average Bonchev–Trinajstić information content (AvgIpc) is 3.10. The molecule has 1 amide bonds. The molecule has 1 aliphatic heterocycles. The summed E-state index contributed by atoms with van der Waals surface area (Å²) in [6, 6.07) is 14.2. The van der Waals surface area contributed by atoms with Gasteiger partial charge in [-0.25, -0.2) is 9.78 Å². The monoisotopic (exact) mass is 300 g/mol. The molecule has 0 N–H and O–H groups in total. The van der Waals surface area contributed by atoms with Crippen molar-refractivity contribution < 1.29 is 19.0 Å². The van der Waals surface area contributed by atoms with Crippen molar-refractivity contribution in [3.63, 3.8) is 0 Å². The molecule has 0 atom stereocenters. The van der Waals surface area contributed by atoms with Crippen molar-refractivity contribution in [2.45, 2.75) is 6.29 Å². The van der Waals surface area contributed by atoms with Crippen LogP contribution in [0.15, 0.2) is 48.5 Å². The number of amides is 1. The Morgan fingerprint density at radius 2 is 1.86 bits per heavy atom. The summed E-state index contributed by atoms with van der Waals surface area (Å²) >= 11 is 0. The highest BCUT2D eigenvalue weighted by Crippen LogP contribution is 2.23. The first-order chi connectivity index (χ1) is 10.7. The molecule has 0 bridgehead atoms. The number of hydrogen-bond donors (Lipinski definition) is 0. The zero-order chi connectivity index (χ0) is 15.4. The first kappa shape index (κ1) is 14.5. The molecule has 1 aromatic heterocycles. The lowest BCUT2D eigenvalue weighted by molar-refractivity contribution is -0.0472. The van der Waals surface area contributed by atoms with Crippen molar-refractivity contribution in [2.24, 2.45) is 0 Å². The van der Waals surface area contributed by atoms with Crippen LogP contribution in [0.1, 0.15) is 12.0 Å². The molecule has 6 heteroatoms. The average molecular weight is 300 g/mol. The van der Waals surface area contributed by atoms with E-state index in [4.69, 9.17) is 14.2 Å². The van der Waals surface area contributed by atoms with Gasteiger partial charge < -0.3 is 14.2 Å². The number of carbonyl (C=O) groups excluding carboxylic acids is 1. The zero-order valence-corrected chi connectivity index (χ0v) is 12.1. The molecule has 0 spiro atoms. The van der Waals surface area contributed by atoms with E-state index in [1.165, 1.54) is 4.90 Å². The van der Waals surface area contributed by atoms with Gasteiger partial charge >= 0.3 is 6.09 Å². The van der Waals surface area contributed by atoms with Crippen LogP contribution < -0.4 is 9.64 Å². The van der Waals surface area contributed by atoms with Crippen LogP contribution in [0.3, 0.4) is 0 Å². The standard InChI is InChI=1S/C16H16N2O4/c1-18(16(19)22-12-6-3-2-4-7-12)14-9-5-8-13(17-14)15-20-10-11-21-15/h2-9,15H,10-11H2,1H3. The number of rotatable bonds is 3. The highest BCUT2D eigenvalue weighted by Gasteiger charge is 2.21. The van der Waals surface area contributed by atoms with Gasteiger partial charge in [-0.2, -0.15) is 0 Å². The maximum absolute atomic E-state index is 12.1. The quantitative estimate of drug-likeness (QED) is 0.872. The second kappa shape index (κ2) is 6.55. The highest BCUT2D eigenvalue weighted by atomic mass is 16.7. The molecule has 3 rings (SSSR count). The van der Waals surface area contributed by atoms with Crippen LogP contribution in [-0.4, -0.2) is 31.3 Å². The van der Waals surface area contributed by atoms with E-state index >= 15 is 0 Å². The molecule has 1 aliphatic rings. The number of hydrogen-bond acceptors (Lipinski definition) is 5. The predicted octanol–water partition coefficient (Wildman–Crippen LogP) is 2.76. The van der Waals surface area contributed by atoms with Crippen molar-refractivity contribution in [2.75, 3.05) is 25.2 Å². The van der Waals surface area contributed by atoms with Crippen LogP contribution in [0.25, 0.3) is 0 Å². The Bertz CT molecular complexity index is 642. The molecule has 0 aliphatic carbocycles. The van der Waals surface area contributed by atoms with Crippen LogP contribution in [0.5, 0.6) is 5.75 Å². The van der Waals surface area contributed by atoms with Gasteiger partial charge in [-0.05, 0) is 24.3 Å². The summed E-state index contributed by atoms with van der Waals surface area (Å²) < 4.78 is 16.1. The Morgan fingerprint density at radius 3 is 2.59 bits per heavy atom. The second-order valence-electron chi connectivity index (χ2n) is 4.73. The zero-order valence-electron chi connectivity index (χ0n) is 12.1. The van der Waals surface area contributed by atoms with E-state index in [0.29, 0.717) is 30.5 Å². The fourth-order valence-corrected chi connectivity index (χ4v) is 2.04. The van der Waals surface area contributed by atoms with Gasteiger partial charge in [0.1, 0.15) is 11.6 Å². The summed E-state index contributed by atoms with van der Waals surface area (Å²) in [4.78, 5) is 17.9. The molecule has 2 aromatic rings. The van der Waals surface area contributed by atoms with E-state index in [0.717, 1.165) is 0 Å². The van der Waals surface area contributed by atoms with E-state index in [2.05, 4.69) is 4.98 Å². The van der Waals surface area contributed by atoms with Gasteiger partial charge in [-0.1, -0.05) is 24.3 Å². The summed E-state index contributed by atoms with van der Waals surface area (Å²) in [6.45, 7) is 1.09. The lowest BCUT2D eigenvalue weighted by Gasteiger charge is -2.17. The van der Waals surface area contributed by atoms with E-state index < -0.39 is 12.4 Å². The van der Waals surface area contributed by atoms with Gasteiger partial charge in [0.2, 0.25) is 6.29 Å². The van der Waals surface area contributed by atoms with Crippen LogP contribution in [0.4, 0.5) is 10.6 Å². The number of anilines is 1. The lowest BCUT2D eigenvalue weighted by atomic mass is 10.3. The van der Waals surface area contributed by atoms with Gasteiger partial charge in [0.25, 0.3) is 0 Å². The highest BCUT2D eigenvalue weighted by molar-refractivity contribution is 5.87. The molecule has 0 saturated carbocycles. The van der Waals surface area contributed by atoms with Crippen molar-refractivity contribution in [1.82, 2.24) is 4.98 Å². The summed E-state index contributed by atoms with van der Waals surface area (Å²) in [7, 11) is 1.60. The Morgan fingerprint density at radius 1 is 1.14 bits per heavy atom. The third-order valence-corrected chi connectivity index (χ3v) is 3.19. The SMILES string of the molecule is CN(C(=O)Oc1ccccc1)c1cccc(C2OCCO2)n1. The van der Waals surface area contributed by atoms with Crippen LogP contribution in [0, 0.1) is 0 Å². The number of nitrogens with zero attached hydrogens (tertiary/aromatic N) is 2. The minimum Gasteiger partial charge on any atom is -0.410 e. The third-order valence-electron chi connectivity index (χ3n) is 3.19. The van der Waals surface area contributed by atoms with E-state index in [9.17, 15) is 4.79 Å². The molecular formula is C16H16N2O4. The summed E-state index contributed by atoms with van der Waals surface area (Å²) in [6.07, 6.45) is -0.984. The lowest BCUT2D eigenvalue weighted by Crippen LogP contribution is -2.30. The second-order valence-corrected chi connectivity index (χ2v) is 4.73. The first-order valence-corrected chi connectivity index (χ1v) is 6.95. The Hall–Kier alpha value is -2.44. The third kappa shape index (κ3) is 3.24. The fraction of sp³-hybridized carbons (Fsp3) is 0.250. The molecule has 6 nitrogen and oxygen atoms in total. The minimum atomic E-state index is -0.510. The predicted molar refractivity (Wildman–Crippen MR) is 79.8 cm³/mol. The Balaban J connectivity index is 1.72. The molecule has 114 valence electrons. The molecule has 0 unspecified atom stereocenters. The number of para-hydroxylation sites is 1. The summed E-state index contributed by atoms with van der Waals surface area (Å²) in [5.41, 5.74) is 0.634. The molecule has 1 fully saturated rings. The van der Waals surface area contributed by atoms with Crippen LogP contribution in [-0.2, 0) is 9.47 Å². The maximum atomic E-state index is 12.1. The molecule has 0 radical (unpaired) electrons. The smallest absolute Gasteiger partial charge is 0.410 e. The first-order valence-electron chi connectivity index (χ1n) is 6.95. The normalized spacial score (nSPS) is 14.8. The molecule has 1 saturated heterocycles. The molecular weight excluding hydrogens is 284 g/mol. The van der Waals surface area contributed by atoms with Crippen molar-refractivity contribution >= 4 is 11.9 Å².